The Morgan fingerprint density at radius 1 is 1.10 bits per heavy atom. The number of benzene rings is 2. The summed E-state index contributed by atoms with van der Waals surface area (Å²) in [7, 11) is 0. The Balaban J connectivity index is 2.53. The average molecular weight is 295 g/mol. The van der Waals surface area contributed by atoms with E-state index < -0.39 is 34.5 Å². The molecule has 6 heteroatoms. The Bertz CT molecular complexity index is 670. The van der Waals surface area contributed by atoms with Crippen LogP contribution in [0.25, 0.3) is 0 Å². The van der Waals surface area contributed by atoms with E-state index in [9.17, 15) is 23.1 Å². The van der Waals surface area contributed by atoms with Gasteiger partial charge in [-0.2, -0.15) is 0 Å². The van der Waals surface area contributed by atoms with Crippen molar-refractivity contribution in [2.45, 2.75) is 12.5 Å². The molecule has 0 radical (unpaired) electrons. The molecule has 0 heterocycles. The Labute approximate surface area is 119 Å². The first-order valence-corrected chi connectivity index (χ1v) is 6.06. The van der Waals surface area contributed by atoms with Gasteiger partial charge in [0.1, 0.15) is 17.5 Å². The van der Waals surface area contributed by atoms with E-state index in [2.05, 4.69) is 5.32 Å². The molecule has 0 aliphatic rings. The maximum Gasteiger partial charge on any atom is 0.333 e. The number of hydrogen-bond donors (Lipinski definition) is 2. The van der Waals surface area contributed by atoms with Crippen LogP contribution in [0.15, 0.2) is 42.5 Å². The summed E-state index contributed by atoms with van der Waals surface area (Å²) in [6, 6.07) is 8.05. The van der Waals surface area contributed by atoms with Crippen LogP contribution in [-0.2, 0) is 10.3 Å². The highest BCUT2D eigenvalue weighted by Gasteiger charge is 2.40. The van der Waals surface area contributed by atoms with E-state index in [1.54, 1.807) is 0 Å². The fourth-order valence-electron chi connectivity index (χ4n) is 2.05. The van der Waals surface area contributed by atoms with Gasteiger partial charge in [-0.25, -0.2) is 18.0 Å². The summed E-state index contributed by atoms with van der Waals surface area (Å²) in [5.74, 6) is -4.08. The highest BCUT2D eigenvalue weighted by atomic mass is 19.1. The molecule has 0 aromatic heterocycles. The maximum atomic E-state index is 13.9. The van der Waals surface area contributed by atoms with Gasteiger partial charge in [0.2, 0.25) is 0 Å². The minimum atomic E-state index is -2.08. The van der Waals surface area contributed by atoms with Crippen molar-refractivity contribution in [3.8, 4) is 0 Å². The monoisotopic (exact) mass is 295 g/mol. The summed E-state index contributed by atoms with van der Waals surface area (Å²) >= 11 is 0. The van der Waals surface area contributed by atoms with Crippen molar-refractivity contribution in [1.29, 1.82) is 0 Å². The molecule has 0 saturated heterocycles. The van der Waals surface area contributed by atoms with Crippen LogP contribution in [0.4, 0.5) is 18.9 Å². The molecule has 0 bridgehead atoms. The molecule has 0 fully saturated rings. The summed E-state index contributed by atoms with van der Waals surface area (Å²) < 4.78 is 40.9. The van der Waals surface area contributed by atoms with E-state index in [1.807, 2.05) is 0 Å². The number of aliphatic carboxylic acids is 1. The zero-order chi connectivity index (χ0) is 15.6. The normalized spacial score (nSPS) is 13.5. The molecule has 2 rings (SSSR count). The molecular weight excluding hydrogens is 283 g/mol. The topological polar surface area (TPSA) is 49.3 Å². The van der Waals surface area contributed by atoms with Gasteiger partial charge in [0.05, 0.1) is 5.56 Å². The molecule has 2 N–H and O–H groups in total. The van der Waals surface area contributed by atoms with Crippen molar-refractivity contribution in [2.75, 3.05) is 5.32 Å². The Kier molecular flexibility index (Phi) is 3.88. The smallest absolute Gasteiger partial charge is 0.333 e. The first-order valence-electron chi connectivity index (χ1n) is 6.06. The predicted molar refractivity (Wildman–Crippen MR) is 71.4 cm³/mol. The van der Waals surface area contributed by atoms with Crippen molar-refractivity contribution in [3.63, 3.8) is 0 Å². The van der Waals surface area contributed by atoms with Gasteiger partial charge in [-0.3, -0.25) is 0 Å². The third kappa shape index (κ3) is 2.84. The minimum Gasteiger partial charge on any atom is -0.479 e. The summed E-state index contributed by atoms with van der Waals surface area (Å²) in [6.07, 6.45) is 0. The van der Waals surface area contributed by atoms with Gasteiger partial charge in [-0.1, -0.05) is 12.1 Å². The number of halogens is 3. The van der Waals surface area contributed by atoms with Crippen molar-refractivity contribution in [3.05, 3.63) is 65.5 Å². The molecule has 2 aromatic carbocycles. The molecule has 1 unspecified atom stereocenters. The Hall–Kier alpha value is -2.50. The van der Waals surface area contributed by atoms with Crippen LogP contribution in [0.2, 0.25) is 0 Å². The van der Waals surface area contributed by atoms with Gasteiger partial charge >= 0.3 is 5.97 Å². The fourth-order valence-corrected chi connectivity index (χ4v) is 2.05. The van der Waals surface area contributed by atoms with Gasteiger partial charge in [0.15, 0.2) is 5.54 Å². The molecule has 21 heavy (non-hydrogen) atoms. The van der Waals surface area contributed by atoms with Crippen molar-refractivity contribution in [2.24, 2.45) is 0 Å². The van der Waals surface area contributed by atoms with E-state index in [4.69, 9.17) is 0 Å². The molecule has 110 valence electrons. The van der Waals surface area contributed by atoms with Gasteiger partial charge in [0, 0.05) is 5.69 Å². The molecular formula is C15H12F3NO2. The summed E-state index contributed by atoms with van der Waals surface area (Å²) in [6.45, 7) is 1.11. The van der Waals surface area contributed by atoms with Crippen molar-refractivity contribution >= 4 is 11.7 Å². The second kappa shape index (κ2) is 5.47. The number of carbonyl (C=O) groups is 1. The average Bonchev–Trinajstić information content (AvgIpc) is 2.38. The van der Waals surface area contributed by atoms with Crippen LogP contribution in [0.3, 0.4) is 0 Å². The molecule has 3 nitrogen and oxygen atoms in total. The molecule has 0 saturated carbocycles. The largest absolute Gasteiger partial charge is 0.479 e. The highest BCUT2D eigenvalue weighted by Crippen LogP contribution is 2.31. The highest BCUT2D eigenvalue weighted by molar-refractivity contribution is 5.84. The zero-order valence-corrected chi connectivity index (χ0v) is 11.0. The molecule has 2 aromatic rings. The SMILES string of the molecule is CC(Nc1cccc(F)c1)(C(=O)O)c1c(F)cccc1F. The summed E-state index contributed by atoms with van der Waals surface area (Å²) in [5, 5.41) is 11.8. The first-order chi connectivity index (χ1) is 9.84. The number of carboxylic acid groups (broad SMARTS) is 1. The minimum absolute atomic E-state index is 0.0996. The Morgan fingerprint density at radius 3 is 2.19 bits per heavy atom. The van der Waals surface area contributed by atoms with Crippen LogP contribution in [0.5, 0.6) is 0 Å². The molecule has 0 aliphatic heterocycles. The molecule has 0 aliphatic carbocycles. The van der Waals surface area contributed by atoms with E-state index >= 15 is 0 Å². The van der Waals surface area contributed by atoms with Crippen molar-refractivity contribution < 1.29 is 23.1 Å². The number of rotatable bonds is 4. The van der Waals surface area contributed by atoms with Crippen LogP contribution in [0.1, 0.15) is 12.5 Å². The van der Waals surface area contributed by atoms with Gasteiger partial charge in [-0.05, 0) is 37.3 Å². The molecule has 0 spiro atoms. The third-order valence-electron chi connectivity index (χ3n) is 3.11. The number of nitrogens with one attached hydrogen (secondary N) is 1. The second-order valence-electron chi connectivity index (χ2n) is 4.66. The number of hydrogen-bond acceptors (Lipinski definition) is 2. The lowest BCUT2D eigenvalue weighted by Gasteiger charge is -2.28. The zero-order valence-electron chi connectivity index (χ0n) is 11.0. The van der Waals surface area contributed by atoms with Gasteiger partial charge in [-0.15, -0.1) is 0 Å². The summed E-state index contributed by atoms with van der Waals surface area (Å²) in [4.78, 5) is 11.5. The fraction of sp³-hybridized carbons (Fsp3) is 0.133. The number of carboxylic acids is 1. The van der Waals surface area contributed by atoms with Gasteiger partial charge < -0.3 is 10.4 Å². The first kappa shape index (κ1) is 14.9. The van der Waals surface area contributed by atoms with Crippen molar-refractivity contribution in [1.82, 2.24) is 0 Å². The number of anilines is 1. The second-order valence-corrected chi connectivity index (χ2v) is 4.66. The van der Waals surface area contributed by atoms with Crippen LogP contribution in [0, 0.1) is 17.5 Å². The third-order valence-corrected chi connectivity index (χ3v) is 3.11. The standard InChI is InChI=1S/C15H12F3NO2/c1-15(14(20)21,13-11(17)6-3-7-12(13)18)19-10-5-2-4-9(16)8-10/h2-8,19H,1H3,(H,20,21). The van der Waals surface area contributed by atoms with E-state index in [0.717, 1.165) is 31.2 Å². The Morgan fingerprint density at radius 2 is 1.67 bits per heavy atom. The van der Waals surface area contributed by atoms with Gasteiger partial charge in [0.25, 0.3) is 0 Å². The maximum absolute atomic E-state index is 13.9. The van der Waals surface area contributed by atoms with Crippen LogP contribution >= 0.6 is 0 Å². The lowest BCUT2D eigenvalue weighted by Crippen LogP contribution is -2.42. The predicted octanol–water partition coefficient (Wildman–Crippen LogP) is 3.52. The van der Waals surface area contributed by atoms with E-state index in [-0.39, 0.29) is 5.69 Å². The molecule has 1 atom stereocenters. The quantitative estimate of drug-likeness (QED) is 0.907. The van der Waals surface area contributed by atoms with Crippen LogP contribution < -0.4 is 5.32 Å². The van der Waals surface area contributed by atoms with E-state index in [0.29, 0.717) is 0 Å². The van der Waals surface area contributed by atoms with Crippen LogP contribution in [-0.4, -0.2) is 11.1 Å². The summed E-state index contributed by atoms with van der Waals surface area (Å²) in [5.41, 5.74) is -2.62. The van der Waals surface area contributed by atoms with E-state index in [1.165, 1.54) is 18.2 Å². The lowest BCUT2D eigenvalue weighted by molar-refractivity contribution is -0.142. The lowest BCUT2D eigenvalue weighted by atomic mass is 9.90. The molecule has 0 amide bonds.